The van der Waals surface area contributed by atoms with Gasteiger partial charge in [0.25, 0.3) is 0 Å². The molecule has 1 heterocycles. The zero-order chi connectivity index (χ0) is 79.0. The van der Waals surface area contributed by atoms with E-state index in [0.29, 0.717) is 0 Å². The number of carboxylic acids is 1. The number of hydrogen-bond donors (Lipinski definition) is 8. The molecule has 9 N–H and O–H groups in total. The van der Waals surface area contributed by atoms with Crippen LogP contribution in [0.3, 0.4) is 0 Å². The molecule has 0 aromatic carbocycles. The maximum Gasteiger partial charge on any atom is 0.326 e. The van der Waals surface area contributed by atoms with E-state index >= 15 is 19.2 Å². The van der Waals surface area contributed by atoms with Crippen LogP contribution < -0.4 is 37.6 Å². The number of rotatable bonds is 23. The van der Waals surface area contributed by atoms with E-state index in [1.54, 1.807) is 60.6 Å². The normalized spacial score (nSPS) is 24.8. The van der Waals surface area contributed by atoms with Crippen LogP contribution in [0, 0.1) is 41.4 Å². The summed E-state index contributed by atoms with van der Waals surface area (Å²) in [4.78, 5) is 211. The largest absolute Gasteiger partial charge is 0.480 e. The molecule has 0 radical (unpaired) electrons. The fourth-order valence-corrected chi connectivity index (χ4v) is 12.1. The SMILES string of the molecule is C/C=C/C[C@H](C)[C@@H](OC(=O)CNC(=O)C[C@@H](NC(=S)[C@H](C)N)C(=O)O)[C@@H]1C(=O)N[C@@H](CC)C(=O)N(C)CC(=O)N(C)[C@H](CC(C)C)C(=O)N[C@H](C(C)C)C(=O)N(C)[C@H](CC(C)C)C(=O)N[C@H](C)C(=O)N[C@H](C)C(=O)N(C)[C@H](CC(C)C)C(=O)N(C)[C@H](CC(C)C)C(=O)N(C)[C@H](C(C)C)C(=O)N1C. The Balaban J connectivity index is 4.56. The Kier molecular flexibility index (Phi) is 38.6. The van der Waals surface area contributed by atoms with Crippen molar-refractivity contribution in [2.24, 2.45) is 47.2 Å². The van der Waals surface area contributed by atoms with Gasteiger partial charge in [-0.1, -0.05) is 121 Å². The van der Waals surface area contributed by atoms with Gasteiger partial charge in [0.15, 0.2) is 0 Å². The summed E-state index contributed by atoms with van der Waals surface area (Å²) in [5.74, 6) is -14.9. The minimum atomic E-state index is -1.86. The zero-order valence-electron chi connectivity index (χ0n) is 65.3. The number of likely N-dealkylation sites (N-methyl/N-ethyl adjacent to an activating group) is 7. The average Bonchev–Trinajstić information content (AvgIpc) is 0.797. The van der Waals surface area contributed by atoms with Crippen molar-refractivity contribution in [1.29, 1.82) is 0 Å². The molecule has 0 aliphatic carbocycles. The molecule has 0 saturated carbocycles. The highest BCUT2D eigenvalue weighted by Gasteiger charge is 2.47. The van der Waals surface area contributed by atoms with Gasteiger partial charge in [0, 0.05) is 49.3 Å². The van der Waals surface area contributed by atoms with Crippen molar-refractivity contribution in [2.75, 3.05) is 62.4 Å². The van der Waals surface area contributed by atoms with Crippen LogP contribution in [0.5, 0.6) is 0 Å². The molecule has 14 atom stereocenters. The van der Waals surface area contributed by atoms with Crippen LogP contribution in [0.25, 0.3) is 0 Å². The second kappa shape index (κ2) is 42.7. The number of nitrogens with one attached hydrogen (secondary N) is 6. The van der Waals surface area contributed by atoms with Gasteiger partial charge in [-0.25, -0.2) is 4.79 Å². The van der Waals surface area contributed by atoms with Crippen LogP contribution in [0.4, 0.5) is 0 Å². The number of carboxylic acid groups (broad SMARTS) is 1. The summed E-state index contributed by atoms with van der Waals surface area (Å²) in [7, 11) is 9.52. The van der Waals surface area contributed by atoms with E-state index in [0.717, 1.165) is 14.7 Å². The number of amides is 12. The van der Waals surface area contributed by atoms with E-state index in [1.807, 2.05) is 55.4 Å². The minimum Gasteiger partial charge on any atom is -0.480 e. The molecule has 0 aromatic heterocycles. The first kappa shape index (κ1) is 92.2. The average molecular weight is 1460 g/mol. The van der Waals surface area contributed by atoms with Crippen LogP contribution >= 0.6 is 12.2 Å². The molecule has 30 nitrogen and oxygen atoms in total. The van der Waals surface area contributed by atoms with E-state index in [2.05, 4.69) is 31.9 Å². The number of aliphatic carboxylic acids is 1. The van der Waals surface area contributed by atoms with Gasteiger partial charge >= 0.3 is 11.9 Å². The van der Waals surface area contributed by atoms with Crippen LogP contribution in [-0.4, -0.2) is 268 Å². The lowest BCUT2D eigenvalue weighted by molar-refractivity contribution is -0.165. The third kappa shape index (κ3) is 27.4. The van der Waals surface area contributed by atoms with Crippen molar-refractivity contribution in [2.45, 2.75) is 248 Å². The molecule has 1 saturated heterocycles. The Morgan fingerprint density at radius 1 is 0.569 bits per heavy atom. The molecule has 0 bridgehead atoms. The van der Waals surface area contributed by atoms with Crippen molar-refractivity contribution < 1.29 is 77.0 Å². The smallest absolute Gasteiger partial charge is 0.326 e. The molecule has 0 aromatic rings. The summed E-state index contributed by atoms with van der Waals surface area (Å²) in [5.41, 5.74) is 5.81. The number of nitrogens with two attached hydrogens (primary N) is 1. The number of nitrogens with zero attached hydrogens (tertiary/aromatic N) is 7. The van der Waals surface area contributed by atoms with Gasteiger partial charge in [-0.15, -0.1) is 0 Å². The summed E-state index contributed by atoms with van der Waals surface area (Å²) in [6, 6.07) is -15.8. The number of esters is 1. The van der Waals surface area contributed by atoms with E-state index in [4.69, 9.17) is 22.7 Å². The predicted octanol–water partition coefficient (Wildman–Crippen LogP) is 2.04. The van der Waals surface area contributed by atoms with Crippen LogP contribution in [0.1, 0.15) is 170 Å². The van der Waals surface area contributed by atoms with Gasteiger partial charge in [-0.3, -0.25) is 62.3 Å². The molecule has 31 heteroatoms. The first-order valence-corrected chi connectivity index (χ1v) is 35.9. The van der Waals surface area contributed by atoms with Crippen LogP contribution in [0.15, 0.2) is 12.2 Å². The monoisotopic (exact) mass is 1460 g/mol. The maximum absolute atomic E-state index is 15.7. The highest BCUT2D eigenvalue weighted by Crippen LogP contribution is 2.27. The van der Waals surface area contributed by atoms with E-state index < -0.39 is 199 Å². The Hall–Kier alpha value is -7.83. The standard InChI is InChI=1S/C71H124N14O16S/c1-26-28-29-43(15)59(101-55(88)35-73-53(86)34-48(71(99)100)77-64(102)44(16)72)58-63(92)76-47(27-2)66(94)79(19)36-54(87)80(20)49(30-37(3)4)62(91)78-56(41(11)12)69(97)81(21)50(31-38(5)6)61(90)74-45(17)60(89)75-46(18)65(93)82(22)51(32-39(7)8)67(95)83(23)52(33-40(9)10)68(96)84(24)57(42(13)14)70(98)85(58)25/h26,28,37-52,56-59H,27,29-36,72H2,1-25H3,(H,73,86)(H,74,90)(H,75,89)(H,76,92)(H,77,102)(H,78,91)(H,99,100)/b28-26+/t43-,44-,45+,46+,47-,48+,49+,50+,51+,52+,56+,57+,58+,59+/m0/s1. The van der Waals surface area contributed by atoms with Gasteiger partial charge in [-0.05, 0) is 108 Å². The Morgan fingerprint density at radius 2 is 1.02 bits per heavy atom. The summed E-state index contributed by atoms with van der Waals surface area (Å²) in [6.07, 6.45) is 1.43. The molecule has 0 spiro atoms. The highest BCUT2D eigenvalue weighted by molar-refractivity contribution is 7.80. The fourth-order valence-electron chi connectivity index (χ4n) is 12.0. The number of carbonyl (C=O) groups is 14. The lowest BCUT2D eigenvalue weighted by Crippen LogP contribution is -2.64. The van der Waals surface area contributed by atoms with Gasteiger partial charge in [-0.2, -0.15) is 0 Å². The molecular weight excluding hydrogens is 1340 g/mol. The second-order valence-corrected chi connectivity index (χ2v) is 30.2. The topological polar surface area (TPSA) is 389 Å². The van der Waals surface area contributed by atoms with Crippen LogP contribution in [-0.2, 0) is 71.9 Å². The Morgan fingerprint density at radius 3 is 1.48 bits per heavy atom. The molecule has 1 aliphatic heterocycles. The number of allylic oxidation sites excluding steroid dienone is 2. The molecule has 1 rings (SSSR count). The van der Waals surface area contributed by atoms with Crippen molar-refractivity contribution in [1.82, 2.24) is 66.2 Å². The molecular formula is C71H124N14O16S. The van der Waals surface area contributed by atoms with Gasteiger partial charge < -0.3 is 81.8 Å². The van der Waals surface area contributed by atoms with E-state index in [-0.39, 0.29) is 67.2 Å². The second-order valence-electron chi connectivity index (χ2n) is 29.7. The molecule has 1 fully saturated rings. The summed E-state index contributed by atoms with van der Waals surface area (Å²) >= 11 is 5.15. The molecule has 102 heavy (non-hydrogen) atoms. The van der Waals surface area contributed by atoms with Crippen molar-refractivity contribution in [3.05, 3.63) is 12.2 Å². The lowest BCUT2D eigenvalue weighted by Gasteiger charge is -2.42. The zero-order valence-corrected chi connectivity index (χ0v) is 66.1. The predicted molar refractivity (Wildman–Crippen MR) is 391 cm³/mol. The van der Waals surface area contributed by atoms with E-state index in [9.17, 15) is 53.1 Å². The fraction of sp³-hybridized carbons (Fsp3) is 0.761. The van der Waals surface area contributed by atoms with Crippen LogP contribution in [0.2, 0.25) is 0 Å². The first-order valence-electron chi connectivity index (χ1n) is 35.5. The maximum atomic E-state index is 15.7. The molecule has 580 valence electrons. The number of carbonyl (C=O) groups excluding carboxylic acids is 13. The van der Waals surface area contributed by atoms with Gasteiger partial charge in [0.05, 0.1) is 24.0 Å². The molecule has 12 amide bonds. The number of hydrogen-bond acceptors (Lipinski definition) is 17. The highest BCUT2D eigenvalue weighted by atomic mass is 32.1. The molecule has 0 unspecified atom stereocenters. The third-order valence-electron chi connectivity index (χ3n) is 18.2. The first-order chi connectivity index (χ1) is 47.1. The summed E-state index contributed by atoms with van der Waals surface area (Å²) in [6.45, 7) is 29.1. The summed E-state index contributed by atoms with van der Waals surface area (Å²) in [5, 5.41) is 25.7. The number of ether oxygens (including phenoxy) is 1. The van der Waals surface area contributed by atoms with Crippen molar-refractivity contribution in [3.63, 3.8) is 0 Å². The van der Waals surface area contributed by atoms with E-state index in [1.165, 1.54) is 89.7 Å². The van der Waals surface area contributed by atoms with Crippen molar-refractivity contribution >= 4 is 100 Å². The quantitative estimate of drug-likeness (QED) is 0.0412. The molecule has 1 aliphatic rings. The summed E-state index contributed by atoms with van der Waals surface area (Å²) < 4.78 is 6.14. The number of thiocarbonyl (C=S) groups is 1. The third-order valence-corrected chi connectivity index (χ3v) is 18.6. The van der Waals surface area contributed by atoms with Gasteiger partial charge in [0.1, 0.15) is 79.1 Å². The lowest BCUT2D eigenvalue weighted by atomic mass is 9.91. The minimum absolute atomic E-state index is 0.0380. The Labute approximate surface area is 610 Å². The Bertz CT molecular complexity index is 2960. The van der Waals surface area contributed by atoms with Gasteiger partial charge in [0.2, 0.25) is 70.9 Å². The van der Waals surface area contributed by atoms with Crippen molar-refractivity contribution in [3.8, 4) is 0 Å².